The van der Waals surface area contributed by atoms with Gasteiger partial charge in [0.15, 0.2) is 0 Å². The summed E-state index contributed by atoms with van der Waals surface area (Å²) in [5.41, 5.74) is 1.35. The lowest BCUT2D eigenvalue weighted by Gasteiger charge is -1.84. The number of thiophene rings is 1. The van der Waals surface area contributed by atoms with Gasteiger partial charge in [-0.05, 0) is 30.5 Å². The first kappa shape index (κ1) is 8.52. The normalized spacial score (nSPS) is 10.6. The van der Waals surface area contributed by atoms with Crippen molar-refractivity contribution in [2.45, 2.75) is 13.8 Å². The summed E-state index contributed by atoms with van der Waals surface area (Å²) >= 11 is 1.83. The van der Waals surface area contributed by atoms with Crippen molar-refractivity contribution in [2.24, 2.45) is 0 Å². The topological polar surface area (TPSA) is 0 Å². The highest BCUT2D eigenvalue weighted by molar-refractivity contribution is 7.17. The predicted molar refractivity (Wildman–Crippen MR) is 61.4 cm³/mol. The molecule has 0 fully saturated rings. The molecule has 0 aliphatic rings. The molecule has 0 aliphatic heterocycles. The van der Waals surface area contributed by atoms with Gasteiger partial charge in [-0.15, -0.1) is 11.3 Å². The van der Waals surface area contributed by atoms with Gasteiger partial charge in [-0.2, -0.15) is 0 Å². The van der Waals surface area contributed by atoms with E-state index in [1.807, 2.05) is 11.3 Å². The maximum Gasteiger partial charge on any atom is 0.0355 e. The zero-order chi connectivity index (χ0) is 9.42. The molecule has 0 bridgehead atoms. The fourth-order valence-electron chi connectivity index (χ4n) is 1.50. The first-order chi connectivity index (χ1) is 6.20. The number of fused-ring (bicyclic) bond motifs is 1. The van der Waals surface area contributed by atoms with Crippen LogP contribution in [0.25, 0.3) is 22.2 Å². The molecule has 2 rings (SSSR count). The Balaban J connectivity index is 3.08. The van der Waals surface area contributed by atoms with Crippen LogP contribution in [0.3, 0.4) is 0 Å². The molecular weight excluding hydrogens is 176 g/mol. The van der Waals surface area contributed by atoms with E-state index in [2.05, 4.69) is 44.7 Å². The molecule has 0 saturated carbocycles. The molecule has 0 saturated heterocycles. The molecule has 0 spiro atoms. The van der Waals surface area contributed by atoms with Crippen molar-refractivity contribution < 1.29 is 0 Å². The number of rotatable bonds is 0. The molecule has 0 N–H and O–H groups in total. The van der Waals surface area contributed by atoms with Crippen LogP contribution in [0.2, 0.25) is 0 Å². The van der Waals surface area contributed by atoms with E-state index >= 15 is 0 Å². The standard InChI is InChI=1S/C12H12S/c1-8(2)12-9(3)10-6-4-5-7-11(10)13-12/h4-7H,3H2,1-2H3. The van der Waals surface area contributed by atoms with Crippen LogP contribution >= 0.6 is 11.3 Å². The molecule has 66 valence electrons. The van der Waals surface area contributed by atoms with Gasteiger partial charge < -0.3 is 0 Å². The Morgan fingerprint density at radius 1 is 1.23 bits per heavy atom. The molecule has 0 amide bonds. The van der Waals surface area contributed by atoms with Gasteiger partial charge in [-0.25, -0.2) is 0 Å². The SMILES string of the molecule is C=c1c(=C(C)C)sc2ccccc12. The Morgan fingerprint density at radius 3 is 2.54 bits per heavy atom. The van der Waals surface area contributed by atoms with Crippen molar-refractivity contribution in [3.8, 4) is 0 Å². The second-order valence-electron chi connectivity index (χ2n) is 3.41. The fraction of sp³-hybridized carbons (Fsp3) is 0.167. The summed E-state index contributed by atoms with van der Waals surface area (Å²) in [6.45, 7) is 8.40. The first-order valence-electron chi connectivity index (χ1n) is 4.34. The van der Waals surface area contributed by atoms with E-state index in [4.69, 9.17) is 0 Å². The zero-order valence-electron chi connectivity index (χ0n) is 7.92. The summed E-state index contributed by atoms with van der Waals surface area (Å²) in [6, 6.07) is 8.44. The minimum atomic E-state index is 1.18. The number of hydrogen-bond acceptors (Lipinski definition) is 1. The van der Waals surface area contributed by atoms with Gasteiger partial charge in [-0.3, -0.25) is 0 Å². The maximum absolute atomic E-state index is 4.12. The van der Waals surface area contributed by atoms with Crippen LogP contribution in [0.5, 0.6) is 0 Å². The Kier molecular flexibility index (Phi) is 1.97. The monoisotopic (exact) mass is 188 g/mol. The van der Waals surface area contributed by atoms with Crippen LogP contribution < -0.4 is 9.75 Å². The molecule has 13 heavy (non-hydrogen) atoms. The molecule has 1 heteroatoms. The molecule has 0 unspecified atom stereocenters. The van der Waals surface area contributed by atoms with E-state index in [0.717, 1.165) is 0 Å². The Hall–Kier alpha value is -1.08. The van der Waals surface area contributed by atoms with Gasteiger partial charge in [0.1, 0.15) is 0 Å². The van der Waals surface area contributed by atoms with E-state index in [0.29, 0.717) is 0 Å². The Labute approximate surface area is 81.8 Å². The molecule has 0 nitrogen and oxygen atoms in total. The summed E-state index contributed by atoms with van der Waals surface area (Å²) in [7, 11) is 0. The minimum Gasteiger partial charge on any atom is -0.135 e. The van der Waals surface area contributed by atoms with E-state index in [1.165, 1.54) is 25.4 Å². The van der Waals surface area contributed by atoms with Crippen LogP contribution in [-0.4, -0.2) is 0 Å². The highest BCUT2D eigenvalue weighted by atomic mass is 32.1. The molecule has 1 heterocycles. The van der Waals surface area contributed by atoms with Gasteiger partial charge >= 0.3 is 0 Å². The zero-order valence-corrected chi connectivity index (χ0v) is 8.74. The first-order valence-corrected chi connectivity index (χ1v) is 5.16. The van der Waals surface area contributed by atoms with Crippen LogP contribution in [0.15, 0.2) is 24.3 Å². The number of hydrogen-bond donors (Lipinski definition) is 0. The van der Waals surface area contributed by atoms with Crippen LogP contribution in [0, 0.1) is 0 Å². The summed E-state index contributed by atoms with van der Waals surface area (Å²) in [4.78, 5) is 0. The lowest BCUT2D eigenvalue weighted by Crippen LogP contribution is -2.17. The van der Waals surface area contributed by atoms with Crippen molar-refractivity contribution >= 4 is 33.6 Å². The average molecular weight is 188 g/mol. The maximum atomic E-state index is 4.12. The third-order valence-electron chi connectivity index (χ3n) is 2.15. The van der Waals surface area contributed by atoms with E-state index in [-0.39, 0.29) is 0 Å². The molecule has 1 aromatic carbocycles. The smallest absolute Gasteiger partial charge is 0.0355 e. The lowest BCUT2D eigenvalue weighted by atomic mass is 10.2. The van der Waals surface area contributed by atoms with Crippen molar-refractivity contribution in [3.05, 3.63) is 34.0 Å². The van der Waals surface area contributed by atoms with Gasteiger partial charge in [0.2, 0.25) is 0 Å². The summed E-state index contributed by atoms with van der Waals surface area (Å²) in [6.07, 6.45) is 0. The van der Waals surface area contributed by atoms with Crippen molar-refractivity contribution in [3.63, 3.8) is 0 Å². The van der Waals surface area contributed by atoms with E-state index < -0.39 is 0 Å². The molecule has 0 radical (unpaired) electrons. The van der Waals surface area contributed by atoms with Gasteiger partial charge in [0.25, 0.3) is 0 Å². The molecule has 0 atom stereocenters. The van der Waals surface area contributed by atoms with Crippen LogP contribution in [0.1, 0.15) is 13.8 Å². The highest BCUT2D eigenvalue weighted by Crippen LogP contribution is 2.12. The second kappa shape index (κ2) is 3.00. The minimum absolute atomic E-state index is 1.18. The number of benzene rings is 1. The molecule has 0 aliphatic carbocycles. The Morgan fingerprint density at radius 2 is 1.92 bits per heavy atom. The third kappa shape index (κ3) is 1.29. The molecule has 2 aromatic rings. The molecular formula is C12H12S. The summed E-state index contributed by atoms with van der Waals surface area (Å²) in [5.74, 6) is 0. The van der Waals surface area contributed by atoms with Gasteiger partial charge in [0, 0.05) is 9.23 Å². The van der Waals surface area contributed by atoms with Crippen molar-refractivity contribution in [2.75, 3.05) is 0 Å². The quantitative estimate of drug-likeness (QED) is 0.596. The fourth-order valence-corrected chi connectivity index (χ4v) is 2.61. The van der Waals surface area contributed by atoms with Crippen LogP contribution in [-0.2, 0) is 0 Å². The van der Waals surface area contributed by atoms with Crippen LogP contribution in [0.4, 0.5) is 0 Å². The van der Waals surface area contributed by atoms with E-state index in [9.17, 15) is 0 Å². The van der Waals surface area contributed by atoms with Crippen molar-refractivity contribution in [1.82, 2.24) is 0 Å². The second-order valence-corrected chi connectivity index (χ2v) is 4.46. The average Bonchev–Trinajstić information content (AvgIpc) is 2.45. The lowest BCUT2D eigenvalue weighted by molar-refractivity contribution is 1.57. The van der Waals surface area contributed by atoms with Gasteiger partial charge in [-0.1, -0.05) is 30.4 Å². The Bertz CT molecular complexity index is 542. The summed E-state index contributed by atoms with van der Waals surface area (Å²) in [5, 5.41) is 2.48. The highest BCUT2D eigenvalue weighted by Gasteiger charge is 1.98. The third-order valence-corrected chi connectivity index (χ3v) is 3.59. The largest absolute Gasteiger partial charge is 0.135 e. The van der Waals surface area contributed by atoms with Gasteiger partial charge in [0.05, 0.1) is 0 Å². The van der Waals surface area contributed by atoms with E-state index in [1.54, 1.807) is 0 Å². The van der Waals surface area contributed by atoms with Crippen molar-refractivity contribution in [1.29, 1.82) is 0 Å². The predicted octanol–water partition coefficient (Wildman–Crippen LogP) is 2.50. The molecule has 1 aromatic heterocycles. The summed E-state index contributed by atoms with van der Waals surface area (Å²) < 4.78 is 2.67.